The second-order valence-corrected chi connectivity index (χ2v) is 5.81. The topological polar surface area (TPSA) is 78.8 Å². The lowest BCUT2D eigenvalue weighted by Gasteiger charge is -2.38. The van der Waals surface area contributed by atoms with Gasteiger partial charge >= 0.3 is 5.97 Å². The molecule has 0 spiro atoms. The number of carboxylic acid groups (broad SMARTS) is 1. The highest BCUT2D eigenvalue weighted by molar-refractivity contribution is 5.74. The van der Waals surface area contributed by atoms with Crippen molar-refractivity contribution in [2.24, 2.45) is 5.92 Å². The van der Waals surface area contributed by atoms with E-state index in [9.17, 15) is 9.90 Å². The number of rotatable bonds is 6. The second-order valence-electron chi connectivity index (χ2n) is 5.81. The molecule has 0 amide bonds. The molecule has 7 nitrogen and oxygen atoms in total. The molecule has 1 atom stereocenters. The number of hydrogen-bond acceptors (Lipinski definition) is 6. The first-order valence-electron chi connectivity index (χ1n) is 7.87. The summed E-state index contributed by atoms with van der Waals surface area (Å²) in [5.41, 5.74) is 0. The number of ether oxygens (including phenoxy) is 1. The summed E-state index contributed by atoms with van der Waals surface area (Å²) in [6.07, 6.45) is 2.09. The lowest BCUT2D eigenvalue weighted by Crippen LogP contribution is -2.53. The van der Waals surface area contributed by atoms with E-state index in [4.69, 9.17) is 4.74 Å². The van der Waals surface area contributed by atoms with Crippen LogP contribution in [0.3, 0.4) is 0 Å². The van der Waals surface area contributed by atoms with Gasteiger partial charge < -0.3 is 14.7 Å². The van der Waals surface area contributed by atoms with Crippen LogP contribution < -0.4 is 9.64 Å². The highest BCUT2D eigenvalue weighted by Gasteiger charge is 2.41. The number of carbonyl (C=O) groups is 1. The van der Waals surface area contributed by atoms with E-state index in [0.717, 1.165) is 44.8 Å². The monoisotopic (exact) mass is 306 g/mol. The van der Waals surface area contributed by atoms with Crippen LogP contribution >= 0.6 is 0 Å². The fourth-order valence-electron chi connectivity index (χ4n) is 3.00. The number of piperazine rings is 1. The number of aromatic nitrogens is 2. The van der Waals surface area contributed by atoms with E-state index >= 15 is 0 Å². The maximum atomic E-state index is 11.4. The number of aliphatic carboxylic acids is 1. The maximum Gasteiger partial charge on any atom is 0.321 e. The molecule has 1 saturated heterocycles. The van der Waals surface area contributed by atoms with Gasteiger partial charge in [-0.05, 0) is 31.7 Å². The minimum absolute atomic E-state index is 0.312. The Bertz CT molecular complexity index is 510. The largest absolute Gasteiger partial charge is 0.480 e. The normalized spacial score (nSPS) is 20.7. The fourth-order valence-corrected chi connectivity index (χ4v) is 3.00. The Morgan fingerprint density at radius 1 is 1.32 bits per heavy atom. The summed E-state index contributed by atoms with van der Waals surface area (Å²) in [5.74, 6) is 1.01. The Balaban J connectivity index is 1.57. The number of anilines is 1. The average Bonchev–Trinajstić information content (AvgIpc) is 3.34. The predicted octanol–water partition coefficient (Wildman–Crippen LogP) is 0.861. The van der Waals surface area contributed by atoms with Crippen LogP contribution in [0.1, 0.15) is 19.8 Å². The molecule has 2 fully saturated rings. The molecule has 1 aliphatic heterocycles. The van der Waals surface area contributed by atoms with E-state index in [2.05, 4.69) is 20.0 Å². The lowest BCUT2D eigenvalue weighted by molar-refractivity contribution is -0.144. The Labute approximate surface area is 129 Å². The van der Waals surface area contributed by atoms with Crippen molar-refractivity contribution in [2.45, 2.75) is 25.8 Å². The molecule has 1 unspecified atom stereocenters. The van der Waals surface area contributed by atoms with E-state index in [1.807, 2.05) is 19.1 Å². The third-order valence-corrected chi connectivity index (χ3v) is 4.27. The predicted molar refractivity (Wildman–Crippen MR) is 81.1 cm³/mol. The van der Waals surface area contributed by atoms with Crippen LogP contribution in [-0.2, 0) is 4.79 Å². The van der Waals surface area contributed by atoms with Gasteiger partial charge in [0.15, 0.2) is 5.82 Å². The molecule has 1 aliphatic carbocycles. The van der Waals surface area contributed by atoms with Gasteiger partial charge in [-0.2, -0.15) is 0 Å². The first-order chi connectivity index (χ1) is 10.7. The van der Waals surface area contributed by atoms with E-state index in [1.54, 1.807) is 0 Å². The Morgan fingerprint density at radius 2 is 2.05 bits per heavy atom. The Kier molecular flexibility index (Phi) is 4.42. The van der Waals surface area contributed by atoms with Crippen LogP contribution in [0.25, 0.3) is 0 Å². The summed E-state index contributed by atoms with van der Waals surface area (Å²) in [6, 6.07) is 3.42. The molecule has 120 valence electrons. The van der Waals surface area contributed by atoms with Crippen molar-refractivity contribution in [2.75, 3.05) is 37.7 Å². The van der Waals surface area contributed by atoms with E-state index in [1.165, 1.54) is 0 Å². The van der Waals surface area contributed by atoms with Gasteiger partial charge in [0.05, 0.1) is 6.61 Å². The maximum absolute atomic E-state index is 11.4. The van der Waals surface area contributed by atoms with Crippen LogP contribution in [0.15, 0.2) is 12.1 Å². The summed E-state index contributed by atoms with van der Waals surface area (Å²) < 4.78 is 5.29. The smallest absolute Gasteiger partial charge is 0.321 e. The van der Waals surface area contributed by atoms with Crippen LogP contribution in [-0.4, -0.2) is 65.0 Å². The van der Waals surface area contributed by atoms with Gasteiger partial charge in [0.2, 0.25) is 5.88 Å². The average molecular weight is 306 g/mol. The van der Waals surface area contributed by atoms with Gasteiger partial charge in [-0.25, -0.2) is 0 Å². The molecule has 0 aromatic carbocycles. The fraction of sp³-hybridized carbons (Fsp3) is 0.667. The zero-order valence-corrected chi connectivity index (χ0v) is 12.8. The first-order valence-corrected chi connectivity index (χ1v) is 7.87. The standard InChI is InChI=1S/C15H22N4O3/c1-2-22-13-6-5-12(16-17-13)18-7-9-19(10-8-18)14(15(20)21)11-3-4-11/h5-6,11,14H,2-4,7-10H2,1H3,(H,20,21). The van der Waals surface area contributed by atoms with Crippen LogP contribution in [0.2, 0.25) is 0 Å². The zero-order valence-electron chi connectivity index (χ0n) is 12.8. The molecule has 2 aliphatic rings. The Morgan fingerprint density at radius 3 is 2.55 bits per heavy atom. The van der Waals surface area contributed by atoms with Crippen LogP contribution in [0.4, 0.5) is 5.82 Å². The van der Waals surface area contributed by atoms with Crippen molar-refractivity contribution >= 4 is 11.8 Å². The molecular weight excluding hydrogens is 284 g/mol. The molecule has 1 N–H and O–H groups in total. The van der Waals surface area contributed by atoms with Gasteiger partial charge in [-0.3, -0.25) is 9.69 Å². The van der Waals surface area contributed by atoms with Gasteiger partial charge in [0, 0.05) is 32.2 Å². The zero-order chi connectivity index (χ0) is 15.5. The van der Waals surface area contributed by atoms with Gasteiger partial charge in [0.25, 0.3) is 0 Å². The molecule has 1 aromatic rings. The van der Waals surface area contributed by atoms with E-state index in [0.29, 0.717) is 18.4 Å². The highest BCUT2D eigenvalue weighted by atomic mass is 16.5. The van der Waals surface area contributed by atoms with Gasteiger partial charge in [0.1, 0.15) is 6.04 Å². The van der Waals surface area contributed by atoms with Crippen LogP contribution in [0, 0.1) is 5.92 Å². The van der Waals surface area contributed by atoms with Crippen LogP contribution in [0.5, 0.6) is 5.88 Å². The van der Waals surface area contributed by atoms with Gasteiger partial charge in [-0.15, -0.1) is 10.2 Å². The summed E-state index contributed by atoms with van der Waals surface area (Å²) in [7, 11) is 0. The second kappa shape index (κ2) is 6.48. The van der Waals surface area contributed by atoms with Crippen molar-refractivity contribution in [3.63, 3.8) is 0 Å². The van der Waals surface area contributed by atoms with Gasteiger partial charge in [-0.1, -0.05) is 0 Å². The van der Waals surface area contributed by atoms with Crippen molar-refractivity contribution in [1.29, 1.82) is 0 Å². The van der Waals surface area contributed by atoms with Crippen molar-refractivity contribution in [1.82, 2.24) is 15.1 Å². The van der Waals surface area contributed by atoms with E-state index in [-0.39, 0.29) is 6.04 Å². The van der Waals surface area contributed by atoms with E-state index < -0.39 is 5.97 Å². The first kappa shape index (κ1) is 15.0. The lowest BCUT2D eigenvalue weighted by atomic mass is 10.1. The number of carboxylic acids is 1. The molecule has 22 heavy (non-hydrogen) atoms. The minimum Gasteiger partial charge on any atom is -0.480 e. The quantitative estimate of drug-likeness (QED) is 0.835. The van der Waals surface area contributed by atoms with Crippen molar-refractivity contribution < 1.29 is 14.6 Å². The molecular formula is C15H22N4O3. The summed E-state index contributed by atoms with van der Waals surface area (Å²) in [4.78, 5) is 15.7. The summed E-state index contributed by atoms with van der Waals surface area (Å²) >= 11 is 0. The summed E-state index contributed by atoms with van der Waals surface area (Å²) in [6.45, 7) is 5.54. The molecule has 0 bridgehead atoms. The molecule has 0 radical (unpaired) electrons. The third kappa shape index (κ3) is 3.30. The highest BCUT2D eigenvalue weighted by Crippen LogP contribution is 2.36. The molecule has 7 heteroatoms. The molecule has 2 heterocycles. The molecule has 1 aromatic heterocycles. The van der Waals surface area contributed by atoms with Crippen molar-refractivity contribution in [3.8, 4) is 5.88 Å². The Hall–Kier alpha value is -1.89. The minimum atomic E-state index is -0.684. The molecule has 1 saturated carbocycles. The van der Waals surface area contributed by atoms with Crippen molar-refractivity contribution in [3.05, 3.63) is 12.1 Å². The summed E-state index contributed by atoms with van der Waals surface area (Å²) in [5, 5.41) is 17.6. The number of hydrogen-bond donors (Lipinski definition) is 1. The SMILES string of the molecule is CCOc1ccc(N2CCN(C(C(=O)O)C3CC3)CC2)nn1. The third-order valence-electron chi connectivity index (χ3n) is 4.27. The number of nitrogens with zero attached hydrogens (tertiary/aromatic N) is 4. The molecule has 3 rings (SSSR count).